The van der Waals surface area contributed by atoms with Crippen LogP contribution in [0.1, 0.15) is 35.4 Å². The van der Waals surface area contributed by atoms with E-state index in [4.69, 9.17) is 9.26 Å². The number of benzene rings is 1. The summed E-state index contributed by atoms with van der Waals surface area (Å²) in [5.74, 6) is 1.84. The van der Waals surface area contributed by atoms with Gasteiger partial charge in [0.2, 0.25) is 11.7 Å². The number of rotatable bonds is 3. The molecule has 0 amide bonds. The van der Waals surface area contributed by atoms with E-state index in [1.165, 1.54) is 0 Å². The summed E-state index contributed by atoms with van der Waals surface area (Å²) in [6.07, 6.45) is 1.37. The molecule has 0 spiro atoms. The number of aryl methyl sites for hydroxylation is 2. The molecule has 1 aliphatic carbocycles. The number of fused-ring (bicyclic) bond motifs is 1. The van der Waals surface area contributed by atoms with Crippen molar-refractivity contribution in [3.8, 4) is 5.75 Å². The molecule has 0 saturated heterocycles. The second kappa shape index (κ2) is 4.42. The van der Waals surface area contributed by atoms with E-state index < -0.39 is 0 Å². The van der Waals surface area contributed by atoms with Gasteiger partial charge in [0.25, 0.3) is 0 Å². The van der Waals surface area contributed by atoms with Crippen molar-refractivity contribution in [2.45, 2.75) is 32.5 Å². The van der Waals surface area contributed by atoms with Crippen LogP contribution in [0.15, 0.2) is 22.7 Å². The zero-order valence-corrected chi connectivity index (χ0v) is 10.1. The molecule has 1 aliphatic rings. The van der Waals surface area contributed by atoms with Gasteiger partial charge >= 0.3 is 0 Å². The van der Waals surface area contributed by atoms with Gasteiger partial charge in [0, 0.05) is 6.92 Å². The summed E-state index contributed by atoms with van der Waals surface area (Å²) in [6, 6.07) is 5.75. The van der Waals surface area contributed by atoms with Gasteiger partial charge in [-0.15, -0.1) is 0 Å². The van der Waals surface area contributed by atoms with Gasteiger partial charge in [0.15, 0.2) is 6.61 Å². The molecule has 0 aliphatic heterocycles. The van der Waals surface area contributed by atoms with Crippen molar-refractivity contribution in [1.29, 1.82) is 0 Å². The van der Waals surface area contributed by atoms with Crippen molar-refractivity contribution in [3.05, 3.63) is 41.0 Å². The normalized spacial score (nSPS) is 17.8. The van der Waals surface area contributed by atoms with Crippen LogP contribution >= 0.6 is 0 Å². The van der Waals surface area contributed by atoms with E-state index in [-0.39, 0.29) is 6.10 Å². The van der Waals surface area contributed by atoms with Gasteiger partial charge in [0.05, 0.1) is 6.10 Å². The van der Waals surface area contributed by atoms with Crippen LogP contribution in [0, 0.1) is 6.92 Å². The minimum absolute atomic E-state index is 0.290. The van der Waals surface area contributed by atoms with Gasteiger partial charge < -0.3 is 14.4 Å². The molecule has 1 aromatic carbocycles. The lowest BCUT2D eigenvalue weighted by Crippen LogP contribution is -1.98. The van der Waals surface area contributed by atoms with Crippen molar-refractivity contribution in [2.24, 2.45) is 0 Å². The molecule has 1 heterocycles. The van der Waals surface area contributed by atoms with Gasteiger partial charge in [0.1, 0.15) is 5.75 Å². The van der Waals surface area contributed by atoms with Gasteiger partial charge in [-0.25, -0.2) is 0 Å². The number of nitrogens with zero attached hydrogens (tertiary/aromatic N) is 2. The molecule has 1 N–H and O–H groups in total. The molecule has 3 rings (SSSR count). The molecule has 2 aromatic rings. The van der Waals surface area contributed by atoms with Crippen LogP contribution in [-0.2, 0) is 13.0 Å². The first-order valence-corrected chi connectivity index (χ1v) is 5.95. The SMILES string of the molecule is Cc1nc(COc2ccc3c(c2)CC[C@H]3O)no1. The van der Waals surface area contributed by atoms with E-state index in [1.54, 1.807) is 6.92 Å². The van der Waals surface area contributed by atoms with Gasteiger partial charge in [-0.2, -0.15) is 4.98 Å². The monoisotopic (exact) mass is 246 g/mol. The highest BCUT2D eigenvalue weighted by Crippen LogP contribution is 2.33. The van der Waals surface area contributed by atoms with E-state index >= 15 is 0 Å². The lowest BCUT2D eigenvalue weighted by Gasteiger charge is -2.07. The molecule has 94 valence electrons. The summed E-state index contributed by atoms with van der Waals surface area (Å²) in [7, 11) is 0. The quantitative estimate of drug-likeness (QED) is 0.896. The van der Waals surface area contributed by atoms with Crippen LogP contribution in [0.25, 0.3) is 0 Å². The summed E-state index contributed by atoms with van der Waals surface area (Å²) in [4.78, 5) is 4.07. The minimum atomic E-state index is -0.325. The Kier molecular flexibility index (Phi) is 2.76. The fraction of sp³-hybridized carbons (Fsp3) is 0.385. The Labute approximate surface area is 104 Å². The summed E-state index contributed by atoms with van der Waals surface area (Å²) in [5, 5.41) is 13.5. The molecule has 5 nitrogen and oxygen atoms in total. The summed E-state index contributed by atoms with van der Waals surface area (Å²) >= 11 is 0. The van der Waals surface area contributed by atoms with E-state index in [0.717, 1.165) is 29.7 Å². The number of hydrogen-bond donors (Lipinski definition) is 1. The lowest BCUT2D eigenvalue weighted by molar-refractivity contribution is 0.180. The van der Waals surface area contributed by atoms with Crippen LogP contribution in [0.3, 0.4) is 0 Å². The largest absolute Gasteiger partial charge is 0.485 e. The van der Waals surface area contributed by atoms with Gasteiger partial charge in [-0.05, 0) is 36.1 Å². The fourth-order valence-corrected chi connectivity index (χ4v) is 2.21. The number of aliphatic hydroxyl groups is 1. The maximum atomic E-state index is 9.71. The Hall–Kier alpha value is -1.88. The number of aromatic nitrogens is 2. The molecular formula is C13H14N2O3. The number of hydrogen-bond acceptors (Lipinski definition) is 5. The topological polar surface area (TPSA) is 68.4 Å². The second-order valence-corrected chi connectivity index (χ2v) is 4.43. The van der Waals surface area contributed by atoms with E-state index in [2.05, 4.69) is 10.1 Å². The molecule has 1 atom stereocenters. The summed E-state index contributed by atoms with van der Waals surface area (Å²) in [6.45, 7) is 2.03. The summed E-state index contributed by atoms with van der Waals surface area (Å²) < 4.78 is 10.5. The first kappa shape index (κ1) is 11.2. The molecule has 5 heteroatoms. The van der Waals surface area contributed by atoms with Crippen LogP contribution in [0.2, 0.25) is 0 Å². The second-order valence-electron chi connectivity index (χ2n) is 4.43. The standard InChI is InChI=1S/C13H14N2O3/c1-8-14-13(15-18-8)7-17-10-3-4-11-9(6-10)2-5-12(11)16/h3-4,6,12,16H,2,5,7H2,1H3/t12-/m1/s1. The highest BCUT2D eigenvalue weighted by atomic mass is 16.5. The maximum absolute atomic E-state index is 9.71. The minimum Gasteiger partial charge on any atom is -0.485 e. The molecular weight excluding hydrogens is 232 g/mol. The zero-order valence-electron chi connectivity index (χ0n) is 10.1. The molecule has 18 heavy (non-hydrogen) atoms. The Morgan fingerprint density at radius 2 is 2.39 bits per heavy atom. The van der Waals surface area contributed by atoms with Crippen LogP contribution in [0.5, 0.6) is 5.75 Å². The van der Waals surface area contributed by atoms with E-state index in [1.807, 2.05) is 18.2 Å². The van der Waals surface area contributed by atoms with Crippen LogP contribution < -0.4 is 4.74 Å². The molecule has 0 fully saturated rings. The predicted octanol–water partition coefficient (Wildman–Crippen LogP) is 1.94. The highest BCUT2D eigenvalue weighted by Gasteiger charge is 2.20. The number of aliphatic hydroxyl groups excluding tert-OH is 1. The highest BCUT2D eigenvalue weighted by molar-refractivity contribution is 5.39. The lowest BCUT2D eigenvalue weighted by atomic mass is 10.1. The third-order valence-corrected chi connectivity index (χ3v) is 3.10. The van der Waals surface area contributed by atoms with Crippen molar-refractivity contribution in [3.63, 3.8) is 0 Å². The van der Waals surface area contributed by atoms with Crippen molar-refractivity contribution >= 4 is 0 Å². The van der Waals surface area contributed by atoms with Gasteiger partial charge in [-0.1, -0.05) is 11.2 Å². The zero-order chi connectivity index (χ0) is 12.5. The third-order valence-electron chi connectivity index (χ3n) is 3.10. The fourth-order valence-electron chi connectivity index (χ4n) is 2.21. The van der Waals surface area contributed by atoms with Crippen LogP contribution in [0.4, 0.5) is 0 Å². The van der Waals surface area contributed by atoms with Crippen LogP contribution in [-0.4, -0.2) is 15.2 Å². The smallest absolute Gasteiger partial charge is 0.223 e. The van der Waals surface area contributed by atoms with Gasteiger partial charge in [-0.3, -0.25) is 0 Å². The first-order chi connectivity index (χ1) is 8.72. The molecule has 0 radical (unpaired) electrons. The Morgan fingerprint density at radius 1 is 1.50 bits per heavy atom. The first-order valence-electron chi connectivity index (χ1n) is 5.95. The van der Waals surface area contributed by atoms with E-state index in [9.17, 15) is 5.11 Å². The Morgan fingerprint density at radius 3 is 3.17 bits per heavy atom. The Balaban J connectivity index is 1.70. The van der Waals surface area contributed by atoms with Crippen molar-refractivity contribution < 1.29 is 14.4 Å². The van der Waals surface area contributed by atoms with E-state index in [0.29, 0.717) is 18.3 Å². The maximum Gasteiger partial charge on any atom is 0.223 e. The number of ether oxygens (including phenoxy) is 1. The molecule has 0 bridgehead atoms. The van der Waals surface area contributed by atoms with Crippen molar-refractivity contribution in [1.82, 2.24) is 10.1 Å². The average molecular weight is 246 g/mol. The molecule has 0 unspecified atom stereocenters. The van der Waals surface area contributed by atoms with Crippen molar-refractivity contribution in [2.75, 3.05) is 0 Å². The molecule has 0 saturated carbocycles. The predicted molar refractivity (Wildman–Crippen MR) is 63.1 cm³/mol. The third kappa shape index (κ3) is 2.09. The average Bonchev–Trinajstić information content (AvgIpc) is 2.94. The molecule has 1 aromatic heterocycles. The summed E-state index contributed by atoms with van der Waals surface area (Å²) in [5.41, 5.74) is 2.17. The Bertz CT molecular complexity index is 565.